The first kappa shape index (κ1) is 36.9. The Bertz CT molecular complexity index is 3420. The first-order valence-corrected chi connectivity index (χ1v) is 23.1. The van der Waals surface area contributed by atoms with Crippen LogP contribution >= 0.6 is 22.7 Å². The van der Waals surface area contributed by atoms with E-state index in [1.54, 1.807) is 0 Å². The van der Waals surface area contributed by atoms with Crippen LogP contribution < -0.4 is 9.80 Å². The molecule has 62 heavy (non-hydrogen) atoms. The molecule has 0 aliphatic rings. The maximum Gasteiger partial charge on any atom is 0.137 e. The Morgan fingerprint density at radius 3 is 1.19 bits per heavy atom. The quantitative estimate of drug-likeness (QED) is 0.143. The lowest BCUT2D eigenvalue weighted by molar-refractivity contribution is 0.875. The number of aromatic nitrogens is 2. The molecule has 0 amide bonds. The molecule has 298 valence electrons. The molecule has 0 N–H and O–H groups in total. The van der Waals surface area contributed by atoms with Crippen molar-refractivity contribution < 1.29 is 0 Å². The average molecular weight is 835 g/mol. The highest BCUT2D eigenvalue weighted by molar-refractivity contribution is 7.26. The van der Waals surface area contributed by atoms with Crippen molar-refractivity contribution in [1.82, 2.24) is 9.97 Å². The van der Waals surface area contributed by atoms with E-state index in [9.17, 15) is 0 Å². The van der Waals surface area contributed by atoms with Crippen molar-refractivity contribution in [3.63, 3.8) is 0 Å². The van der Waals surface area contributed by atoms with Crippen molar-refractivity contribution in [2.24, 2.45) is 0 Å². The van der Waals surface area contributed by atoms with Gasteiger partial charge in [0.1, 0.15) is 11.6 Å². The smallest absolute Gasteiger partial charge is 0.137 e. The summed E-state index contributed by atoms with van der Waals surface area (Å²) in [6, 6.07) is 57.9. The Balaban J connectivity index is 1.21. The van der Waals surface area contributed by atoms with Crippen LogP contribution in [-0.4, -0.2) is 9.97 Å². The van der Waals surface area contributed by atoms with Crippen LogP contribution in [0, 0.1) is 0 Å². The minimum Gasteiger partial charge on any atom is -0.293 e. The lowest BCUT2D eigenvalue weighted by Gasteiger charge is -2.31. The SMILES string of the molecule is CC(C)c1cc(N(c2ccccn2)c2cccc3c2sc2ccccc23)c2ccc3c(C(C)C)cc(N(c4ccccn4)c4cccc5c4sc4ccccc45)c4ccc1c2c34. The van der Waals surface area contributed by atoms with Gasteiger partial charge < -0.3 is 0 Å². The molecule has 0 aliphatic carbocycles. The first-order valence-electron chi connectivity index (χ1n) is 21.5. The van der Waals surface area contributed by atoms with Gasteiger partial charge in [0.25, 0.3) is 0 Å². The molecule has 8 aromatic carbocycles. The van der Waals surface area contributed by atoms with Crippen molar-refractivity contribution >= 4 is 130 Å². The van der Waals surface area contributed by atoms with E-state index in [2.05, 4.69) is 183 Å². The van der Waals surface area contributed by atoms with Crippen molar-refractivity contribution in [2.45, 2.75) is 39.5 Å². The predicted octanol–water partition coefficient (Wildman–Crippen LogP) is 17.3. The third-order valence-electron chi connectivity index (χ3n) is 12.7. The van der Waals surface area contributed by atoms with Crippen LogP contribution in [0.4, 0.5) is 34.4 Å². The third-order valence-corrected chi connectivity index (χ3v) is 15.1. The highest BCUT2D eigenvalue weighted by Crippen LogP contribution is 2.53. The van der Waals surface area contributed by atoms with Crippen LogP contribution in [0.2, 0.25) is 0 Å². The fourth-order valence-corrected chi connectivity index (χ4v) is 12.3. The van der Waals surface area contributed by atoms with E-state index in [-0.39, 0.29) is 11.8 Å². The molecule has 6 heteroatoms. The van der Waals surface area contributed by atoms with Gasteiger partial charge in [-0.05, 0) is 105 Å². The second kappa shape index (κ2) is 14.4. The summed E-state index contributed by atoms with van der Waals surface area (Å²) in [5.41, 5.74) is 7.17. The summed E-state index contributed by atoms with van der Waals surface area (Å²) in [5, 5.41) is 12.7. The normalized spacial score (nSPS) is 12.2. The standard InChI is InChI=1S/C56H42N4S2/c1-33(2)43-31-47(59(51-23-9-11-29-57-51)45-19-13-17-39-35-15-5-7-21-49(35)61-55(39)45)41-28-26-38-44(34(3)4)32-48(42-27-25-37(43)53(41)54(38)42)60(52-24-10-12-30-58-52)46-20-14-18-40-36-16-6-8-22-50(36)62-56(40)46/h5-34H,1-4H3. The maximum atomic E-state index is 5.08. The Labute approximate surface area is 368 Å². The zero-order valence-electron chi connectivity index (χ0n) is 34.9. The van der Waals surface area contributed by atoms with E-state index >= 15 is 0 Å². The molecule has 0 radical (unpaired) electrons. The number of pyridine rings is 2. The number of rotatable bonds is 8. The molecule has 0 saturated carbocycles. The van der Waals surface area contributed by atoms with Gasteiger partial charge in [-0.3, -0.25) is 9.80 Å². The van der Waals surface area contributed by atoms with E-state index in [1.807, 2.05) is 47.2 Å². The molecule has 12 rings (SSSR count). The summed E-state index contributed by atoms with van der Waals surface area (Å²) in [5.74, 6) is 2.32. The van der Waals surface area contributed by atoms with Gasteiger partial charge in [0, 0.05) is 54.1 Å². The van der Waals surface area contributed by atoms with Gasteiger partial charge in [-0.1, -0.05) is 125 Å². The average Bonchev–Trinajstić information content (AvgIpc) is 3.89. The van der Waals surface area contributed by atoms with Gasteiger partial charge in [0.2, 0.25) is 0 Å². The fraction of sp³-hybridized carbons (Fsp3) is 0.107. The van der Waals surface area contributed by atoms with Crippen LogP contribution in [0.3, 0.4) is 0 Å². The van der Waals surface area contributed by atoms with Crippen LogP contribution in [0.25, 0.3) is 72.7 Å². The largest absolute Gasteiger partial charge is 0.293 e. The molecule has 0 aliphatic heterocycles. The number of nitrogens with zero attached hydrogens (tertiary/aromatic N) is 4. The van der Waals surface area contributed by atoms with E-state index in [0.29, 0.717) is 0 Å². The summed E-state index contributed by atoms with van der Waals surface area (Å²) in [6.45, 7) is 9.31. The topological polar surface area (TPSA) is 32.3 Å². The molecule has 0 spiro atoms. The molecule has 4 nitrogen and oxygen atoms in total. The Morgan fingerprint density at radius 2 is 0.774 bits per heavy atom. The van der Waals surface area contributed by atoms with E-state index < -0.39 is 0 Å². The number of anilines is 6. The van der Waals surface area contributed by atoms with Crippen molar-refractivity contribution in [2.75, 3.05) is 9.80 Å². The zero-order chi connectivity index (χ0) is 41.6. The lowest BCUT2D eigenvalue weighted by atomic mass is 9.84. The molecule has 4 heterocycles. The second-order valence-electron chi connectivity index (χ2n) is 16.9. The number of fused-ring (bicyclic) bond motifs is 6. The van der Waals surface area contributed by atoms with Crippen LogP contribution in [0.1, 0.15) is 50.7 Å². The summed E-state index contributed by atoms with van der Waals surface area (Å²) in [6.07, 6.45) is 3.83. The molecular formula is C56H42N4S2. The summed E-state index contributed by atoms with van der Waals surface area (Å²) in [4.78, 5) is 15.0. The third kappa shape index (κ3) is 5.56. The second-order valence-corrected chi connectivity index (χ2v) is 19.0. The summed E-state index contributed by atoms with van der Waals surface area (Å²) < 4.78 is 5.07. The number of hydrogen-bond donors (Lipinski definition) is 0. The Kier molecular flexibility index (Phi) is 8.56. The van der Waals surface area contributed by atoms with Gasteiger partial charge in [0.15, 0.2) is 0 Å². The van der Waals surface area contributed by atoms with Gasteiger partial charge in [-0.15, -0.1) is 22.7 Å². The van der Waals surface area contributed by atoms with Gasteiger partial charge >= 0.3 is 0 Å². The highest BCUT2D eigenvalue weighted by Gasteiger charge is 2.28. The van der Waals surface area contributed by atoms with Crippen molar-refractivity contribution in [3.05, 3.63) is 181 Å². The van der Waals surface area contributed by atoms with Crippen LogP contribution in [0.5, 0.6) is 0 Å². The highest BCUT2D eigenvalue weighted by atomic mass is 32.1. The van der Waals surface area contributed by atoms with Gasteiger partial charge in [-0.2, -0.15) is 0 Å². The van der Waals surface area contributed by atoms with E-state index in [1.165, 1.54) is 83.8 Å². The molecule has 0 unspecified atom stereocenters. The monoisotopic (exact) mass is 834 g/mol. The Morgan fingerprint density at radius 1 is 0.371 bits per heavy atom. The molecule has 4 aromatic heterocycles. The fourth-order valence-electron chi connectivity index (χ4n) is 9.88. The number of hydrogen-bond acceptors (Lipinski definition) is 6. The lowest BCUT2D eigenvalue weighted by Crippen LogP contribution is -2.14. The molecule has 0 bridgehead atoms. The van der Waals surface area contributed by atoms with Crippen LogP contribution in [-0.2, 0) is 0 Å². The van der Waals surface area contributed by atoms with Crippen LogP contribution in [0.15, 0.2) is 170 Å². The number of benzene rings is 8. The molecule has 0 atom stereocenters. The molecule has 0 fully saturated rings. The minimum absolute atomic E-state index is 0.267. The first-order chi connectivity index (χ1) is 30.4. The predicted molar refractivity (Wildman–Crippen MR) is 269 cm³/mol. The van der Waals surface area contributed by atoms with Crippen molar-refractivity contribution in [3.8, 4) is 0 Å². The molecule has 12 aromatic rings. The number of thiophene rings is 2. The van der Waals surface area contributed by atoms with Gasteiger partial charge in [0.05, 0.1) is 32.1 Å². The van der Waals surface area contributed by atoms with Crippen molar-refractivity contribution in [1.29, 1.82) is 0 Å². The zero-order valence-corrected chi connectivity index (χ0v) is 36.6. The molecule has 0 saturated heterocycles. The Hall–Kier alpha value is -6.86. The van der Waals surface area contributed by atoms with E-state index in [0.717, 1.165) is 34.4 Å². The maximum absolute atomic E-state index is 5.08. The molecular weight excluding hydrogens is 793 g/mol. The van der Waals surface area contributed by atoms with E-state index in [4.69, 9.17) is 9.97 Å². The minimum atomic E-state index is 0.267. The summed E-state index contributed by atoms with van der Waals surface area (Å²) >= 11 is 3.72. The van der Waals surface area contributed by atoms with Gasteiger partial charge in [-0.25, -0.2) is 9.97 Å². The summed E-state index contributed by atoms with van der Waals surface area (Å²) in [7, 11) is 0.